The molecule has 2 aromatic rings. The van der Waals surface area contributed by atoms with Crippen molar-refractivity contribution in [1.29, 1.82) is 5.26 Å². The monoisotopic (exact) mass is 334 g/mol. The maximum Gasteiger partial charge on any atom is 0.310 e. The molecule has 5 nitrogen and oxygen atoms in total. The predicted octanol–water partition coefficient (Wildman–Crippen LogP) is 2.77. The lowest BCUT2D eigenvalue weighted by Crippen LogP contribution is -2.21. The normalized spacial score (nSPS) is 12.1. The molecule has 3 rings (SSSR count). The first kappa shape index (κ1) is 16.7. The summed E-state index contributed by atoms with van der Waals surface area (Å²) in [5.41, 5.74) is 4.52. The van der Waals surface area contributed by atoms with E-state index in [9.17, 15) is 9.59 Å². The van der Waals surface area contributed by atoms with E-state index in [2.05, 4.69) is 17.4 Å². The van der Waals surface area contributed by atoms with E-state index in [4.69, 9.17) is 10.00 Å². The minimum Gasteiger partial charge on any atom is -0.455 e. The van der Waals surface area contributed by atoms with Crippen LogP contribution >= 0.6 is 0 Å². The summed E-state index contributed by atoms with van der Waals surface area (Å²) in [6.07, 6.45) is 3.48. The fourth-order valence-electron chi connectivity index (χ4n) is 2.96. The van der Waals surface area contributed by atoms with Gasteiger partial charge in [-0.25, -0.2) is 0 Å². The van der Waals surface area contributed by atoms with Gasteiger partial charge < -0.3 is 10.1 Å². The second kappa shape index (κ2) is 7.63. The summed E-state index contributed by atoms with van der Waals surface area (Å²) in [4.78, 5) is 23.8. The molecule has 0 heterocycles. The van der Waals surface area contributed by atoms with Gasteiger partial charge in [-0.3, -0.25) is 9.59 Å². The third-order valence-corrected chi connectivity index (χ3v) is 4.15. The van der Waals surface area contributed by atoms with Gasteiger partial charge in [-0.15, -0.1) is 0 Å². The molecule has 25 heavy (non-hydrogen) atoms. The highest BCUT2D eigenvalue weighted by atomic mass is 16.5. The topological polar surface area (TPSA) is 79.2 Å². The van der Waals surface area contributed by atoms with E-state index in [0.29, 0.717) is 11.3 Å². The lowest BCUT2D eigenvalue weighted by molar-refractivity contribution is -0.146. The van der Waals surface area contributed by atoms with Crippen molar-refractivity contribution in [1.82, 2.24) is 0 Å². The number of carbonyl (C=O) groups is 2. The second-order valence-electron chi connectivity index (χ2n) is 6.03. The molecule has 1 aliphatic rings. The minimum absolute atomic E-state index is 0.157. The summed E-state index contributed by atoms with van der Waals surface area (Å²) in [5.74, 6) is -0.865. The Morgan fingerprint density at radius 2 is 1.96 bits per heavy atom. The van der Waals surface area contributed by atoms with Crippen LogP contribution < -0.4 is 5.32 Å². The Balaban J connectivity index is 1.48. The van der Waals surface area contributed by atoms with E-state index in [1.165, 1.54) is 11.1 Å². The van der Waals surface area contributed by atoms with Crippen LogP contribution in [0.15, 0.2) is 42.5 Å². The van der Waals surface area contributed by atoms with Crippen molar-refractivity contribution >= 4 is 17.6 Å². The van der Waals surface area contributed by atoms with E-state index in [1.54, 1.807) is 24.3 Å². The van der Waals surface area contributed by atoms with Crippen LogP contribution in [0.4, 0.5) is 5.69 Å². The highest BCUT2D eigenvalue weighted by Crippen LogP contribution is 2.23. The van der Waals surface area contributed by atoms with Crippen LogP contribution in [0.25, 0.3) is 0 Å². The van der Waals surface area contributed by atoms with Crippen LogP contribution in [0, 0.1) is 11.3 Å². The molecule has 126 valence electrons. The molecule has 0 unspecified atom stereocenters. The fourth-order valence-corrected chi connectivity index (χ4v) is 2.96. The Morgan fingerprint density at radius 1 is 1.12 bits per heavy atom. The molecule has 0 saturated heterocycles. The quantitative estimate of drug-likeness (QED) is 0.853. The molecular weight excluding hydrogens is 316 g/mol. The summed E-state index contributed by atoms with van der Waals surface area (Å²) in [5, 5.41) is 11.4. The number of carbonyl (C=O) groups excluding carboxylic acids is 2. The molecule has 2 aromatic carbocycles. The summed E-state index contributed by atoms with van der Waals surface area (Å²) in [6, 6.07) is 14.6. The number of nitrogens with one attached hydrogen (secondary N) is 1. The molecule has 1 aliphatic carbocycles. The van der Waals surface area contributed by atoms with Gasteiger partial charge in [0.1, 0.15) is 0 Å². The van der Waals surface area contributed by atoms with Crippen molar-refractivity contribution in [3.8, 4) is 6.07 Å². The number of rotatable bonds is 5. The van der Waals surface area contributed by atoms with Gasteiger partial charge in [-0.05, 0) is 54.2 Å². The van der Waals surface area contributed by atoms with Crippen LogP contribution in [0.2, 0.25) is 0 Å². The summed E-state index contributed by atoms with van der Waals surface area (Å²) < 4.78 is 5.04. The average Bonchev–Trinajstić information content (AvgIpc) is 3.08. The van der Waals surface area contributed by atoms with Gasteiger partial charge in [0, 0.05) is 5.69 Å². The highest BCUT2D eigenvalue weighted by Gasteiger charge is 2.13. The van der Waals surface area contributed by atoms with E-state index in [-0.39, 0.29) is 13.0 Å². The molecule has 0 bridgehead atoms. The number of nitriles is 1. The number of hydrogen-bond donors (Lipinski definition) is 1. The smallest absolute Gasteiger partial charge is 0.310 e. The summed E-state index contributed by atoms with van der Waals surface area (Å²) >= 11 is 0. The number of esters is 1. The van der Waals surface area contributed by atoms with Crippen LogP contribution in [0.1, 0.15) is 28.7 Å². The number of hydrogen-bond acceptors (Lipinski definition) is 4. The third kappa shape index (κ3) is 4.45. The zero-order chi connectivity index (χ0) is 17.6. The number of benzene rings is 2. The molecule has 5 heteroatoms. The standard InChI is InChI=1S/C20H18N2O3/c21-12-15-3-1-6-18(10-15)22-19(23)13-25-20(24)11-14-7-8-16-4-2-5-17(16)9-14/h1,3,6-10H,2,4-5,11,13H2,(H,22,23). The lowest BCUT2D eigenvalue weighted by atomic mass is 10.0. The molecule has 0 radical (unpaired) electrons. The van der Waals surface area contributed by atoms with Crippen LogP contribution in [0.5, 0.6) is 0 Å². The van der Waals surface area contributed by atoms with Gasteiger partial charge in [0.15, 0.2) is 6.61 Å². The van der Waals surface area contributed by atoms with Crippen molar-refractivity contribution in [2.75, 3.05) is 11.9 Å². The SMILES string of the molecule is N#Cc1cccc(NC(=O)COC(=O)Cc2ccc3c(c2)CCC3)c1. The molecule has 0 spiro atoms. The van der Waals surface area contributed by atoms with Crippen molar-refractivity contribution in [2.24, 2.45) is 0 Å². The Labute approximate surface area is 146 Å². The van der Waals surface area contributed by atoms with E-state index in [0.717, 1.165) is 24.8 Å². The number of fused-ring (bicyclic) bond motifs is 1. The van der Waals surface area contributed by atoms with Crippen molar-refractivity contribution < 1.29 is 14.3 Å². The van der Waals surface area contributed by atoms with E-state index in [1.807, 2.05) is 12.1 Å². The van der Waals surface area contributed by atoms with Gasteiger partial charge in [-0.2, -0.15) is 5.26 Å². The Bertz CT molecular complexity index is 852. The maximum absolute atomic E-state index is 11.9. The second-order valence-corrected chi connectivity index (χ2v) is 6.03. The number of nitrogens with zero attached hydrogens (tertiary/aromatic N) is 1. The lowest BCUT2D eigenvalue weighted by Gasteiger charge is -2.08. The molecule has 0 aromatic heterocycles. The highest BCUT2D eigenvalue weighted by molar-refractivity contribution is 5.93. The number of ether oxygens (including phenoxy) is 1. The molecule has 0 saturated carbocycles. The molecule has 0 atom stereocenters. The maximum atomic E-state index is 11.9. The third-order valence-electron chi connectivity index (χ3n) is 4.15. The van der Waals surface area contributed by atoms with Gasteiger partial charge in [-0.1, -0.05) is 24.3 Å². The molecule has 1 amide bonds. The first-order valence-electron chi connectivity index (χ1n) is 8.20. The largest absolute Gasteiger partial charge is 0.455 e. The first-order chi connectivity index (χ1) is 12.1. The molecule has 0 aliphatic heterocycles. The van der Waals surface area contributed by atoms with Crippen molar-refractivity contribution in [3.63, 3.8) is 0 Å². The number of amides is 1. The van der Waals surface area contributed by atoms with Crippen molar-refractivity contribution in [3.05, 3.63) is 64.7 Å². The molecule has 0 fully saturated rings. The summed E-state index contributed by atoms with van der Waals surface area (Å²) in [6.45, 7) is -0.347. The van der Waals surface area contributed by atoms with Gasteiger partial charge in [0.05, 0.1) is 18.1 Å². The first-order valence-corrected chi connectivity index (χ1v) is 8.20. The Morgan fingerprint density at radius 3 is 2.80 bits per heavy atom. The van der Waals surface area contributed by atoms with E-state index < -0.39 is 11.9 Å². The Hall–Kier alpha value is -3.13. The number of aryl methyl sites for hydroxylation is 2. The van der Waals surface area contributed by atoms with Crippen molar-refractivity contribution in [2.45, 2.75) is 25.7 Å². The van der Waals surface area contributed by atoms with E-state index >= 15 is 0 Å². The van der Waals surface area contributed by atoms with Gasteiger partial charge >= 0.3 is 5.97 Å². The minimum atomic E-state index is -0.433. The van der Waals surface area contributed by atoms with Crippen LogP contribution in [-0.2, 0) is 33.6 Å². The zero-order valence-electron chi connectivity index (χ0n) is 13.7. The van der Waals surface area contributed by atoms with Gasteiger partial charge in [0.25, 0.3) is 5.91 Å². The van der Waals surface area contributed by atoms with Crippen LogP contribution in [0.3, 0.4) is 0 Å². The summed E-state index contributed by atoms with van der Waals surface area (Å²) in [7, 11) is 0. The predicted molar refractivity (Wildman–Crippen MR) is 92.9 cm³/mol. The average molecular weight is 334 g/mol. The van der Waals surface area contributed by atoms with Gasteiger partial charge in [0.2, 0.25) is 0 Å². The molecular formula is C20H18N2O3. The zero-order valence-corrected chi connectivity index (χ0v) is 13.7. The Kier molecular flexibility index (Phi) is 5.10. The fraction of sp³-hybridized carbons (Fsp3) is 0.250. The van der Waals surface area contributed by atoms with Crippen LogP contribution in [-0.4, -0.2) is 18.5 Å². The molecule has 1 N–H and O–H groups in total. The number of anilines is 1.